The normalized spacial score (nSPS) is 19.6. The van der Waals surface area contributed by atoms with Gasteiger partial charge in [-0.3, -0.25) is 4.79 Å². The summed E-state index contributed by atoms with van der Waals surface area (Å²) in [5, 5.41) is 7.83. The number of nitrogens with zero attached hydrogens (tertiary/aromatic N) is 4. The molecule has 1 atom stereocenters. The molecule has 0 aliphatic carbocycles. The molecular formula is C24H28FN5O2. The molecule has 1 amide bonds. The fourth-order valence-corrected chi connectivity index (χ4v) is 4.60. The fourth-order valence-electron chi connectivity index (χ4n) is 4.60. The lowest BCUT2D eigenvalue weighted by molar-refractivity contribution is -0.126. The second-order valence-corrected chi connectivity index (χ2v) is 8.70. The molecular weight excluding hydrogens is 409 g/mol. The Morgan fingerprint density at radius 3 is 2.69 bits per heavy atom. The molecule has 2 saturated heterocycles. The standard InChI is InChI=1S/C24H28FN5O2/c1-16-13-23(30-22(27-16)14-21(28-30)17-4-6-19(25)7-5-17)29-10-8-18(9-11-29)24(31)26-15-20-3-2-12-32-20/h4-7,13-14,18,20H,2-3,8-12,15H2,1H3,(H,26,31). The summed E-state index contributed by atoms with van der Waals surface area (Å²) in [5.41, 5.74) is 3.28. The molecule has 168 valence electrons. The van der Waals surface area contributed by atoms with Crippen LogP contribution in [-0.4, -0.2) is 52.9 Å². The van der Waals surface area contributed by atoms with Crippen LogP contribution in [0.4, 0.5) is 10.2 Å². The summed E-state index contributed by atoms with van der Waals surface area (Å²) < 4.78 is 20.8. The average Bonchev–Trinajstić information content (AvgIpc) is 3.47. The van der Waals surface area contributed by atoms with Crippen molar-refractivity contribution in [1.29, 1.82) is 0 Å². The summed E-state index contributed by atoms with van der Waals surface area (Å²) in [7, 11) is 0. The van der Waals surface area contributed by atoms with E-state index in [4.69, 9.17) is 9.84 Å². The second kappa shape index (κ2) is 8.86. The van der Waals surface area contributed by atoms with Crippen molar-refractivity contribution in [1.82, 2.24) is 19.9 Å². The monoisotopic (exact) mass is 437 g/mol. The number of aromatic nitrogens is 3. The molecule has 8 heteroatoms. The second-order valence-electron chi connectivity index (χ2n) is 8.70. The van der Waals surface area contributed by atoms with E-state index in [2.05, 4.69) is 15.2 Å². The minimum atomic E-state index is -0.269. The number of benzene rings is 1. The maximum atomic E-state index is 13.3. The number of carbonyl (C=O) groups is 1. The van der Waals surface area contributed by atoms with Crippen LogP contribution in [0, 0.1) is 18.7 Å². The Bertz CT molecular complexity index is 1100. The van der Waals surface area contributed by atoms with Gasteiger partial charge in [-0.25, -0.2) is 9.37 Å². The van der Waals surface area contributed by atoms with Crippen molar-refractivity contribution in [3.05, 3.63) is 47.9 Å². The highest BCUT2D eigenvalue weighted by Gasteiger charge is 2.27. The van der Waals surface area contributed by atoms with Crippen molar-refractivity contribution in [2.24, 2.45) is 5.92 Å². The van der Waals surface area contributed by atoms with E-state index in [1.165, 1.54) is 12.1 Å². The van der Waals surface area contributed by atoms with E-state index in [-0.39, 0.29) is 23.7 Å². The van der Waals surface area contributed by atoms with Gasteiger partial charge in [-0.2, -0.15) is 9.61 Å². The summed E-state index contributed by atoms with van der Waals surface area (Å²) in [6.07, 6.45) is 3.87. The van der Waals surface area contributed by atoms with E-state index in [9.17, 15) is 9.18 Å². The number of hydrogen-bond donors (Lipinski definition) is 1. The molecule has 0 bridgehead atoms. The lowest BCUT2D eigenvalue weighted by Gasteiger charge is -2.33. The number of amides is 1. The topological polar surface area (TPSA) is 71.8 Å². The van der Waals surface area contributed by atoms with Gasteiger partial charge in [0.1, 0.15) is 11.6 Å². The van der Waals surface area contributed by atoms with E-state index in [1.54, 1.807) is 12.1 Å². The van der Waals surface area contributed by atoms with Gasteiger partial charge in [0, 0.05) is 55.5 Å². The van der Waals surface area contributed by atoms with Crippen LogP contribution in [0.15, 0.2) is 36.4 Å². The van der Waals surface area contributed by atoms with Crippen LogP contribution in [0.2, 0.25) is 0 Å². The molecule has 2 aliphatic rings. The SMILES string of the molecule is Cc1cc(N2CCC(C(=O)NCC3CCCO3)CC2)n2nc(-c3ccc(F)cc3)cc2n1. The average molecular weight is 438 g/mol. The number of nitrogens with one attached hydrogen (secondary N) is 1. The van der Waals surface area contributed by atoms with E-state index < -0.39 is 0 Å². The van der Waals surface area contributed by atoms with E-state index in [0.29, 0.717) is 6.54 Å². The van der Waals surface area contributed by atoms with Gasteiger partial charge in [-0.05, 0) is 56.9 Å². The Balaban J connectivity index is 1.29. The Kier molecular flexibility index (Phi) is 5.78. The highest BCUT2D eigenvalue weighted by atomic mass is 19.1. The molecule has 3 aromatic rings. The summed E-state index contributed by atoms with van der Waals surface area (Å²) in [5.74, 6) is 0.862. The van der Waals surface area contributed by atoms with Crippen LogP contribution in [0.3, 0.4) is 0 Å². The van der Waals surface area contributed by atoms with Crippen molar-refractivity contribution < 1.29 is 13.9 Å². The number of anilines is 1. The third kappa shape index (κ3) is 4.32. The number of rotatable bonds is 5. The predicted molar refractivity (Wildman–Crippen MR) is 120 cm³/mol. The molecule has 0 radical (unpaired) electrons. The third-order valence-electron chi connectivity index (χ3n) is 6.39. The molecule has 1 N–H and O–H groups in total. The molecule has 0 saturated carbocycles. The number of hydrogen-bond acceptors (Lipinski definition) is 5. The van der Waals surface area contributed by atoms with Crippen LogP contribution in [0.5, 0.6) is 0 Å². The Labute approximate surface area is 186 Å². The molecule has 4 heterocycles. The molecule has 2 aromatic heterocycles. The first kappa shape index (κ1) is 20.9. The lowest BCUT2D eigenvalue weighted by atomic mass is 9.96. The van der Waals surface area contributed by atoms with E-state index in [0.717, 1.165) is 73.8 Å². The summed E-state index contributed by atoms with van der Waals surface area (Å²) in [6, 6.07) is 10.3. The number of halogens is 1. The number of aryl methyl sites for hydroxylation is 1. The van der Waals surface area contributed by atoms with E-state index in [1.807, 2.05) is 23.6 Å². The smallest absolute Gasteiger partial charge is 0.223 e. The van der Waals surface area contributed by atoms with Crippen LogP contribution in [0.25, 0.3) is 16.9 Å². The first-order chi connectivity index (χ1) is 15.6. The molecule has 32 heavy (non-hydrogen) atoms. The van der Waals surface area contributed by atoms with E-state index >= 15 is 0 Å². The lowest BCUT2D eigenvalue weighted by Crippen LogP contribution is -2.43. The van der Waals surface area contributed by atoms with Gasteiger partial charge in [-0.15, -0.1) is 0 Å². The van der Waals surface area contributed by atoms with Crippen molar-refractivity contribution in [2.75, 3.05) is 31.1 Å². The number of piperidine rings is 1. The highest BCUT2D eigenvalue weighted by molar-refractivity contribution is 5.79. The van der Waals surface area contributed by atoms with Gasteiger partial charge >= 0.3 is 0 Å². The molecule has 2 aliphatic heterocycles. The fraction of sp³-hybridized carbons (Fsp3) is 0.458. The Hall–Kier alpha value is -3.00. The van der Waals surface area contributed by atoms with Crippen molar-refractivity contribution in [3.63, 3.8) is 0 Å². The minimum absolute atomic E-state index is 0.0264. The van der Waals surface area contributed by atoms with Gasteiger partial charge in [0.15, 0.2) is 5.65 Å². The van der Waals surface area contributed by atoms with Gasteiger partial charge in [0.05, 0.1) is 11.8 Å². The molecule has 1 unspecified atom stereocenters. The van der Waals surface area contributed by atoms with Gasteiger partial charge in [0.25, 0.3) is 0 Å². The maximum Gasteiger partial charge on any atom is 0.223 e. The predicted octanol–water partition coefficient (Wildman–Crippen LogP) is 3.36. The zero-order chi connectivity index (χ0) is 22.1. The van der Waals surface area contributed by atoms with Crippen molar-refractivity contribution in [2.45, 2.75) is 38.7 Å². The number of ether oxygens (including phenoxy) is 1. The van der Waals surface area contributed by atoms with Crippen LogP contribution >= 0.6 is 0 Å². The first-order valence-corrected chi connectivity index (χ1v) is 11.3. The van der Waals surface area contributed by atoms with Gasteiger partial charge < -0.3 is 15.0 Å². The molecule has 0 spiro atoms. The third-order valence-corrected chi connectivity index (χ3v) is 6.39. The van der Waals surface area contributed by atoms with Gasteiger partial charge in [-0.1, -0.05) is 0 Å². The zero-order valence-corrected chi connectivity index (χ0v) is 18.3. The number of carbonyl (C=O) groups excluding carboxylic acids is 1. The van der Waals surface area contributed by atoms with Crippen molar-refractivity contribution in [3.8, 4) is 11.3 Å². The molecule has 2 fully saturated rings. The summed E-state index contributed by atoms with van der Waals surface area (Å²) in [4.78, 5) is 19.5. The van der Waals surface area contributed by atoms with Crippen molar-refractivity contribution >= 4 is 17.4 Å². The quantitative estimate of drug-likeness (QED) is 0.663. The number of fused-ring (bicyclic) bond motifs is 1. The summed E-state index contributed by atoms with van der Waals surface area (Å²) in [6.45, 7) is 4.95. The molecule has 5 rings (SSSR count). The summed E-state index contributed by atoms with van der Waals surface area (Å²) >= 11 is 0. The van der Waals surface area contributed by atoms with Crippen LogP contribution in [0.1, 0.15) is 31.4 Å². The Morgan fingerprint density at radius 2 is 1.97 bits per heavy atom. The molecule has 1 aromatic carbocycles. The molecule has 7 nitrogen and oxygen atoms in total. The Morgan fingerprint density at radius 1 is 1.19 bits per heavy atom. The maximum absolute atomic E-state index is 13.3. The van der Waals surface area contributed by atoms with Crippen LogP contribution in [-0.2, 0) is 9.53 Å². The largest absolute Gasteiger partial charge is 0.376 e. The zero-order valence-electron chi connectivity index (χ0n) is 18.3. The highest BCUT2D eigenvalue weighted by Crippen LogP contribution is 2.27. The van der Waals surface area contributed by atoms with Crippen LogP contribution < -0.4 is 10.2 Å². The van der Waals surface area contributed by atoms with Gasteiger partial charge in [0.2, 0.25) is 5.91 Å². The minimum Gasteiger partial charge on any atom is -0.376 e. The first-order valence-electron chi connectivity index (χ1n) is 11.3.